The molecule has 0 amide bonds. The number of nitrogens with two attached hydrogens (primary N) is 1. The molecule has 1 aliphatic rings. The molecule has 3 heterocycles. The van der Waals surface area contributed by atoms with Gasteiger partial charge in [0.15, 0.2) is 11.8 Å². The van der Waals surface area contributed by atoms with Crippen molar-refractivity contribution in [2.45, 2.75) is 6.54 Å². The van der Waals surface area contributed by atoms with Crippen LogP contribution >= 0.6 is 11.6 Å². The zero-order chi connectivity index (χ0) is 19.3. The van der Waals surface area contributed by atoms with E-state index in [-0.39, 0.29) is 0 Å². The van der Waals surface area contributed by atoms with Gasteiger partial charge in [-0.2, -0.15) is 5.10 Å². The summed E-state index contributed by atoms with van der Waals surface area (Å²) in [6, 6.07) is 11.6. The molecule has 0 unspecified atom stereocenters. The Morgan fingerprint density at radius 1 is 1.07 bits per heavy atom. The van der Waals surface area contributed by atoms with Crippen LogP contribution in [0.5, 0.6) is 0 Å². The minimum absolute atomic E-state index is 0.362. The molecule has 0 radical (unpaired) electrons. The Hall–Kier alpha value is -3.13. The predicted octanol–water partition coefficient (Wildman–Crippen LogP) is 2.16. The van der Waals surface area contributed by atoms with Crippen LogP contribution in [0.3, 0.4) is 0 Å². The molecule has 0 atom stereocenters. The van der Waals surface area contributed by atoms with Gasteiger partial charge in [0, 0.05) is 54.8 Å². The standard InChI is InChI=1S/C19H21ClN8/c20-15-1-3-16(4-2-15)27-9-11-28(12-10-27)19(21)23-13-17-24-18(26-25-17)14-5-7-22-8-6-14/h1-8H,9-13H2,(H2,21,23)(H,24,25,26). The van der Waals surface area contributed by atoms with E-state index in [0.29, 0.717) is 24.2 Å². The van der Waals surface area contributed by atoms with Gasteiger partial charge in [0.25, 0.3) is 0 Å². The van der Waals surface area contributed by atoms with Gasteiger partial charge in [-0.3, -0.25) is 10.1 Å². The number of pyridine rings is 1. The predicted molar refractivity (Wildman–Crippen MR) is 110 cm³/mol. The topological polar surface area (TPSA) is 99.3 Å². The summed E-state index contributed by atoms with van der Waals surface area (Å²) in [5, 5.41) is 7.89. The number of halogens is 1. The Kier molecular flexibility index (Phi) is 5.38. The molecule has 8 nitrogen and oxygen atoms in total. The molecule has 144 valence electrons. The second-order valence-corrected chi connectivity index (χ2v) is 6.90. The summed E-state index contributed by atoms with van der Waals surface area (Å²) in [7, 11) is 0. The van der Waals surface area contributed by atoms with E-state index in [1.165, 1.54) is 5.69 Å². The number of H-pyrrole nitrogens is 1. The third kappa shape index (κ3) is 4.23. The lowest BCUT2D eigenvalue weighted by Gasteiger charge is -2.36. The van der Waals surface area contributed by atoms with E-state index in [2.05, 4.69) is 35.0 Å². The van der Waals surface area contributed by atoms with Gasteiger partial charge in [-0.25, -0.2) is 9.98 Å². The molecular weight excluding hydrogens is 376 g/mol. The van der Waals surface area contributed by atoms with Gasteiger partial charge in [0.05, 0.1) is 0 Å². The molecule has 1 aromatic carbocycles. The number of nitrogens with zero attached hydrogens (tertiary/aromatic N) is 6. The lowest BCUT2D eigenvalue weighted by atomic mass is 10.2. The SMILES string of the molecule is NC(=NCc1nc(-c2ccncc2)n[nH]1)N1CCN(c2ccc(Cl)cc2)CC1. The second-order valence-electron chi connectivity index (χ2n) is 6.47. The molecule has 28 heavy (non-hydrogen) atoms. The van der Waals surface area contributed by atoms with E-state index in [1.807, 2.05) is 36.4 Å². The van der Waals surface area contributed by atoms with E-state index in [1.54, 1.807) is 12.4 Å². The smallest absolute Gasteiger partial charge is 0.191 e. The van der Waals surface area contributed by atoms with Crippen molar-refractivity contribution in [3.63, 3.8) is 0 Å². The van der Waals surface area contributed by atoms with Gasteiger partial charge in [-0.15, -0.1) is 0 Å². The third-order valence-electron chi connectivity index (χ3n) is 4.66. The van der Waals surface area contributed by atoms with Gasteiger partial charge in [-0.05, 0) is 36.4 Å². The van der Waals surface area contributed by atoms with E-state index in [9.17, 15) is 0 Å². The number of hydrogen-bond donors (Lipinski definition) is 2. The maximum absolute atomic E-state index is 6.19. The zero-order valence-electron chi connectivity index (χ0n) is 15.3. The molecule has 0 aliphatic carbocycles. The normalized spacial score (nSPS) is 15.1. The Morgan fingerprint density at radius 3 is 2.50 bits per heavy atom. The lowest BCUT2D eigenvalue weighted by molar-refractivity contribution is 0.380. The van der Waals surface area contributed by atoms with Crippen molar-refractivity contribution in [2.75, 3.05) is 31.1 Å². The molecular formula is C19H21ClN8. The van der Waals surface area contributed by atoms with Crippen LogP contribution in [-0.4, -0.2) is 57.2 Å². The molecule has 9 heteroatoms. The van der Waals surface area contributed by atoms with Gasteiger partial charge in [0.1, 0.15) is 12.4 Å². The van der Waals surface area contributed by atoms with Crippen LogP contribution in [0.4, 0.5) is 5.69 Å². The van der Waals surface area contributed by atoms with Crippen LogP contribution in [-0.2, 0) is 6.54 Å². The largest absolute Gasteiger partial charge is 0.370 e. The summed E-state index contributed by atoms with van der Waals surface area (Å²) in [6.07, 6.45) is 3.43. The first-order chi connectivity index (χ1) is 13.7. The summed E-state index contributed by atoms with van der Waals surface area (Å²) >= 11 is 5.96. The second kappa shape index (κ2) is 8.26. The molecule has 0 bridgehead atoms. The Bertz CT molecular complexity index is 930. The molecule has 0 spiro atoms. The fourth-order valence-electron chi connectivity index (χ4n) is 3.10. The number of aromatic amines is 1. The zero-order valence-corrected chi connectivity index (χ0v) is 16.0. The quantitative estimate of drug-likeness (QED) is 0.518. The average Bonchev–Trinajstić information content (AvgIpc) is 3.22. The summed E-state index contributed by atoms with van der Waals surface area (Å²) in [6.45, 7) is 3.76. The van der Waals surface area contributed by atoms with Crippen LogP contribution in [0.1, 0.15) is 5.82 Å². The van der Waals surface area contributed by atoms with E-state index in [4.69, 9.17) is 17.3 Å². The van der Waals surface area contributed by atoms with Gasteiger partial charge in [0.2, 0.25) is 0 Å². The molecule has 1 aliphatic heterocycles. The Balaban J connectivity index is 1.33. The number of rotatable bonds is 4. The first-order valence-corrected chi connectivity index (χ1v) is 9.44. The van der Waals surface area contributed by atoms with Crippen molar-refractivity contribution in [3.05, 3.63) is 59.6 Å². The Labute approximate surface area is 168 Å². The Morgan fingerprint density at radius 2 is 1.79 bits per heavy atom. The van der Waals surface area contributed by atoms with Crippen LogP contribution < -0.4 is 10.6 Å². The first kappa shape index (κ1) is 18.2. The summed E-state index contributed by atoms with van der Waals surface area (Å²) in [5.41, 5.74) is 8.27. The van der Waals surface area contributed by atoms with Crippen molar-refractivity contribution in [1.29, 1.82) is 0 Å². The number of nitrogens with one attached hydrogen (secondary N) is 1. The van der Waals surface area contributed by atoms with Crippen LogP contribution in [0.2, 0.25) is 5.02 Å². The number of piperazine rings is 1. The molecule has 3 N–H and O–H groups in total. The number of aromatic nitrogens is 4. The number of anilines is 1. The fourth-order valence-corrected chi connectivity index (χ4v) is 3.22. The average molecular weight is 397 g/mol. The number of guanidine groups is 1. The maximum Gasteiger partial charge on any atom is 0.191 e. The number of aliphatic imine (C=N–C) groups is 1. The van der Waals surface area contributed by atoms with Crippen LogP contribution in [0.15, 0.2) is 53.8 Å². The van der Waals surface area contributed by atoms with Gasteiger partial charge < -0.3 is 15.5 Å². The van der Waals surface area contributed by atoms with Crippen molar-refractivity contribution in [3.8, 4) is 11.4 Å². The monoisotopic (exact) mass is 396 g/mol. The van der Waals surface area contributed by atoms with Gasteiger partial charge >= 0.3 is 0 Å². The van der Waals surface area contributed by atoms with Crippen LogP contribution in [0.25, 0.3) is 11.4 Å². The number of hydrogen-bond acceptors (Lipinski definition) is 5. The fraction of sp³-hybridized carbons (Fsp3) is 0.263. The van der Waals surface area contributed by atoms with E-state index < -0.39 is 0 Å². The minimum Gasteiger partial charge on any atom is -0.370 e. The van der Waals surface area contributed by atoms with E-state index >= 15 is 0 Å². The van der Waals surface area contributed by atoms with Crippen LogP contribution in [0, 0.1) is 0 Å². The maximum atomic E-state index is 6.19. The summed E-state index contributed by atoms with van der Waals surface area (Å²) < 4.78 is 0. The molecule has 4 rings (SSSR count). The highest BCUT2D eigenvalue weighted by Gasteiger charge is 2.18. The third-order valence-corrected chi connectivity index (χ3v) is 4.91. The highest BCUT2D eigenvalue weighted by atomic mass is 35.5. The molecule has 0 saturated carbocycles. The highest BCUT2D eigenvalue weighted by molar-refractivity contribution is 6.30. The van der Waals surface area contributed by atoms with E-state index in [0.717, 1.165) is 36.8 Å². The molecule has 1 saturated heterocycles. The molecule has 1 fully saturated rings. The van der Waals surface area contributed by atoms with Crippen molar-refractivity contribution in [1.82, 2.24) is 25.1 Å². The van der Waals surface area contributed by atoms with Crippen molar-refractivity contribution < 1.29 is 0 Å². The van der Waals surface area contributed by atoms with Gasteiger partial charge in [-0.1, -0.05) is 11.6 Å². The minimum atomic E-state index is 0.362. The first-order valence-electron chi connectivity index (χ1n) is 9.06. The molecule has 3 aromatic rings. The highest BCUT2D eigenvalue weighted by Crippen LogP contribution is 2.19. The summed E-state index contributed by atoms with van der Waals surface area (Å²) in [4.78, 5) is 17.3. The van der Waals surface area contributed by atoms with Crippen molar-refractivity contribution >= 4 is 23.2 Å². The molecule has 2 aromatic heterocycles. The lowest BCUT2D eigenvalue weighted by Crippen LogP contribution is -2.51. The van der Waals surface area contributed by atoms with Crippen molar-refractivity contribution in [2.24, 2.45) is 10.7 Å². The summed E-state index contributed by atoms with van der Waals surface area (Å²) in [5.74, 6) is 1.83. The number of benzene rings is 1.